The molecule has 0 bridgehead atoms. The number of benzene rings is 1. The van der Waals surface area contributed by atoms with Crippen LogP contribution in [0.25, 0.3) is 6.08 Å². The second kappa shape index (κ2) is 4.63. The number of hydrogen-bond donors (Lipinski definition) is 1. The summed E-state index contributed by atoms with van der Waals surface area (Å²) in [7, 11) is 0. The molecule has 0 heterocycles. The predicted octanol–water partition coefficient (Wildman–Crippen LogP) is 3.38. The van der Waals surface area contributed by atoms with Crippen LogP contribution < -0.4 is 5.73 Å². The van der Waals surface area contributed by atoms with Crippen molar-refractivity contribution in [3.63, 3.8) is 0 Å². The fourth-order valence-electron chi connectivity index (χ4n) is 1.52. The van der Waals surface area contributed by atoms with E-state index in [1.165, 1.54) is 16.7 Å². The third-order valence-electron chi connectivity index (χ3n) is 2.70. The van der Waals surface area contributed by atoms with Crippen LogP contribution in [-0.2, 0) is 0 Å². The van der Waals surface area contributed by atoms with Gasteiger partial charge < -0.3 is 5.73 Å². The molecule has 0 saturated carbocycles. The molecule has 0 aromatic heterocycles. The van der Waals surface area contributed by atoms with Crippen LogP contribution in [0.5, 0.6) is 0 Å². The summed E-state index contributed by atoms with van der Waals surface area (Å²) in [6, 6.07) is 8.39. The van der Waals surface area contributed by atoms with Gasteiger partial charge in [0.1, 0.15) is 0 Å². The van der Waals surface area contributed by atoms with E-state index >= 15 is 0 Å². The average Bonchev–Trinajstić information content (AvgIpc) is 2.14. The summed E-state index contributed by atoms with van der Waals surface area (Å²) in [5, 5.41) is 0. The molecule has 0 fully saturated rings. The molecule has 82 valence electrons. The Hall–Kier alpha value is -1.08. The molecule has 1 heteroatoms. The zero-order valence-electron chi connectivity index (χ0n) is 10.2. The van der Waals surface area contributed by atoms with Gasteiger partial charge in [-0.3, -0.25) is 0 Å². The monoisotopic (exact) mass is 203 g/mol. The van der Waals surface area contributed by atoms with E-state index in [9.17, 15) is 0 Å². The summed E-state index contributed by atoms with van der Waals surface area (Å²) in [5.41, 5.74) is 9.80. The maximum Gasteiger partial charge on any atom is 0.0145 e. The summed E-state index contributed by atoms with van der Waals surface area (Å²) in [5.74, 6) is 0. The van der Waals surface area contributed by atoms with Crippen LogP contribution >= 0.6 is 0 Å². The van der Waals surface area contributed by atoms with Crippen LogP contribution in [-0.4, -0.2) is 6.54 Å². The maximum absolute atomic E-state index is 5.79. The van der Waals surface area contributed by atoms with Gasteiger partial charge in [0, 0.05) is 6.54 Å². The smallest absolute Gasteiger partial charge is 0.0145 e. The summed E-state index contributed by atoms with van der Waals surface area (Å²) in [6.45, 7) is 9.35. The Labute approximate surface area is 93.0 Å². The maximum atomic E-state index is 5.79. The van der Waals surface area contributed by atoms with Gasteiger partial charge in [0.25, 0.3) is 0 Å². The van der Waals surface area contributed by atoms with Gasteiger partial charge in [-0.1, -0.05) is 56.7 Å². The van der Waals surface area contributed by atoms with E-state index in [1.807, 2.05) is 0 Å². The van der Waals surface area contributed by atoms with E-state index in [0.29, 0.717) is 6.54 Å². The first-order valence-corrected chi connectivity index (χ1v) is 5.42. The van der Waals surface area contributed by atoms with Crippen LogP contribution in [0.4, 0.5) is 0 Å². The Balaban J connectivity index is 3.10. The minimum atomic E-state index is 0.150. The predicted molar refractivity (Wildman–Crippen MR) is 67.7 cm³/mol. The van der Waals surface area contributed by atoms with Gasteiger partial charge in [0.05, 0.1) is 0 Å². The van der Waals surface area contributed by atoms with E-state index in [1.54, 1.807) is 0 Å². The van der Waals surface area contributed by atoms with E-state index in [0.717, 1.165) is 0 Å². The highest BCUT2D eigenvalue weighted by Crippen LogP contribution is 2.26. The molecular weight excluding hydrogens is 182 g/mol. The summed E-state index contributed by atoms with van der Waals surface area (Å²) < 4.78 is 0. The quantitative estimate of drug-likeness (QED) is 0.783. The average molecular weight is 203 g/mol. The van der Waals surface area contributed by atoms with Crippen molar-refractivity contribution >= 4 is 6.08 Å². The Morgan fingerprint density at radius 1 is 1.27 bits per heavy atom. The van der Waals surface area contributed by atoms with E-state index in [-0.39, 0.29) is 5.41 Å². The summed E-state index contributed by atoms with van der Waals surface area (Å²) in [6.07, 6.45) is 2.22. The molecule has 0 atom stereocenters. The number of hydrogen-bond acceptors (Lipinski definition) is 1. The first-order chi connectivity index (χ1) is 6.95. The normalized spacial score (nSPS) is 13.0. The Kier molecular flexibility index (Phi) is 3.70. The van der Waals surface area contributed by atoms with Gasteiger partial charge in [-0.2, -0.15) is 0 Å². The molecule has 0 spiro atoms. The van der Waals surface area contributed by atoms with Gasteiger partial charge in [0.15, 0.2) is 0 Å². The fourth-order valence-corrected chi connectivity index (χ4v) is 1.52. The lowest BCUT2D eigenvalue weighted by molar-refractivity contribution is 0.499. The standard InChI is InChI=1S/C14H21N/c1-11-7-5-6-8-12(11)9-13(10-15)14(2,3)4/h5-9H,10,15H2,1-4H3/b13-9+. The lowest BCUT2D eigenvalue weighted by Gasteiger charge is -2.22. The van der Waals surface area contributed by atoms with Crippen LogP contribution in [0, 0.1) is 12.3 Å². The molecule has 0 aliphatic carbocycles. The molecule has 1 rings (SSSR count). The van der Waals surface area contributed by atoms with Crippen LogP contribution in [0.2, 0.25) is 0 Å². The van der Waals surface area contributed by atoms with Crippen molar-refractivity contribution in [2.24, 2.45) is 11.1 Å². The molecular formula is C14H21N. The second-order valence-electron chi connectivity index (χ2n) is 4.98. The van der Waals surface area contributed by atoms with Gasteiger partial charge >= 0.3 is 0 Å². The number of aryl methyl sites for hydroxylation is 1. The van der Waals surface area contributed by atoms with Crippen molar-refractivity contribution in [2.45, 2.75) is 27.7 Å². The van der Waals surface area contributed by atoms with Crippen molar-refractivity contribution in [1.29, 1.82) is 0 Å². The van der Waals surface area contributed by atoms with E-state index < -0.39 is 0 Å². The molecule has 1 aromatic rings. The SMILES string of the molecule is Cc1ccccc1/C=C(\CN)C(C)(C)C. The van der Waals surface area contributed by atoms with Crippen molar-refractivity contribution in [2.75, 3.05) is 6.54 Å². The first kappa shape index (κ1) is 12.0. The van der Waals surface area contributed by atoms with Crippen molar-refractivity contribution in [3.05, 3.63) is 41.0 Å². The summed E-state index contributed by atoms with van der Waals surface area (Å²) >= 11 is 0. The van der Waals surface area contributed by atoms with Crippen molar-refractivity contribution < 1.29 is 0 Å². The molecule has 0 radical (unpaired) electrons. The van der Waals surface area contributed by atoms with E-state index in [4.69, 9.17) is 5.73 Å². The molecule has 0 aliphatic rings. The van der Waals surface area contributed by atoms with Crippen LogP contribution in [0.3, 0.4) is 0 Å². The fraction of sp³-hybridized carbons (Fsp3) is 0.429. The third kappa shape index (κ3) is 3.21. The largest absolute Gasteiger partial charge is 0.327 e. The lowest BCUT2D eigenvalue weighted by atomic mass is 9.85. The highest BCUT2D eigenvalue weighted by Gasteiger charge is 2.15. The van der Waals surface area contributed by atoms with Gasteiger partial charge in [-0.05, 0) is 23.5 Å². The molecule has 0 saturated heterocycles. The summed E-state index contributed by atoms with van der Waals surface area (Å²) in [4.78, 5) is 0. The molecule has 0 aliphatic heterocycles. The Morgan fingerprint density at radius 2 is 1.87 bits per heavy atom. The number of nitrogens with two attached hydrogens (primary N) is 1. The Bertz CT molecular complexity index is 356. The second-order valence-corrected chi connectivity index (χ2v) is 4.98. The third-order valence-corrected chi connectivity index (χ3v) is 2.70. The zero-order valence-corrected chi connectivity index (χ0v) is 10.2. The Morgan fingerprint density at radius 3 is 2.33 bits per heavy atom. The minimum Gasteiger partial charge on any atom is -0.327 e. The molecule has 1 nitrogen and oxygen atoms in total. The van der Waals surface area contributed by atoms with Crippen molar-refractivity contribution in [1.82, 2.24) is 0 Å². The topological polar surface area (TPSA) is 26.0 Å². The minimum absolute atomic E-state index is 0.150. The number of rotatable bonds is 2. The molecule has 0 unspecified atom stereocenters. The molecule has 2 N–H and O–H groups in total. The van der Waals surface area contributed by atoms with Gasteiger partial charge in [-0.25, -0.2) is 0 Å². The molecule has 0 amide bonds. The van der Waals surface area contributed by atoms with Gasteiger partial charge in [-0.15, -0.1) is 0 Å². The first-order valence-electron chi connectivity index (χ1n) is 5.42. The molecule has 1 aromatic carbocycles. The molecule has 15 heavy (non-hydrogen) atoms. The van der Waals surface area contributed by atoms with E-state index in [2.05, 4.69) is 58.0 Å². The van der Waals surface area contributed by atoms with Crippen molar-refractivity contribution in [3.8, 4) is 0 Å². The zero-order chi connectivity index (χ0) is 11.5. The van der Waals surface area contributed by atoms with Crippen LogP contribution in [0.1, 0.15) is 31.9 Å². The lowest BCUT2D eigenvalue weighted by Crippen LogP contribution is -2.17. The van der Waals surface area contributed by atoms with Gasteiger partial charge in [0.2, 0.25) is 0 Å². The highest BCUT2D eigenvalue weighted by atomic mass is 14.5. The highest BCUT2D eigenvalue weighted by molar-refractivity contribution is 5.57. The van der Waals surface area contributed by atoms with Crippen LogP contribution in [0.15, 0.2) is 29.8 Å².